The van der Waals surface area contributed by atoms with Gasteiger partial charge in [-0.2, -0.15) is 0 Å². The Morgan fingerprint density at radius 3 is 2.93 bits per heavy atom. The fourth-order valence-corrected chi connectivity index (χ4v) is 2.28. The average Bonchev–Trinajstić information content (AvgIpc) is 2.28. The first-order chi connectivity index (χ1) is 7.33. The zero-order valence-electron chi connectivity index (χ0n) is 8.18. The lowest BCUT2D eigenvalue weighted by atomic mass is 10.2. The largest absolute Gasteiger partial charge is 0.397 e. The van der Waals surface area contributed by atoms with Crippen molar-refractivity contribution in [3.05, 3.63) is 30.5 Å². The van der Waals surface area contributed by atoms with Gasteiger partial charge in [0, 0.05) is 16.0 Å². The third-order valence-electron chi connectivity index (χ3n) is 2.09. The smallest absolute Gasteiger partial charge is 0.0714 e. The van der Waals surface area contributed by atoms with E-state index in [1.807, 2.05) is 24.3 Å². The molecule has 0 radical (unpaired) electrons. The molecule has 0 aliphatic heterocycles. The number of nitrogens with zero attached hydrogens (tertiary/aromatic N) is 1. The molecule has 0 aliphatic rings. The molecule has 0 amide bonds. The van der Waals surface area contributed by atoms with Crippen LogP contribution in [0.25, 0.3) is 10.9 Å². The highest BCUT2D eigenvalue weighted by Gasteiger charge is 2.05. The number of fused-ring (bicyclic) bond motifs is 1. The van der Waals surface area contributed by atoms with Gasteiger partial charge in [-0.3, -0.25) is 4.98 Å². The minimum atomic E-state index is 0.154. The van der Waals surface area contributed by atoms with Crippen molar-refractivity contribution < 1.29 is 5.11 Å². The van der Waals surface area contributed by atoms with Gasteiger partial charge in [-0.25, -0.2) is 0 Å². The van der Waals surface area contributed by atoms with E-state index in [9.17, 15) is 0 Å². The van der Waals surface area contributed by atoms with Gasteiger partial charge in [-0.1, -0.05) is 18.2 Å². The predicted molar refractivity (Wildman–Crippen MR) is 64.0 cm³/mol. The number of aliphatic hydroxyl groups is 1. The summed E-state index contributed by atoms with van der Waals surface area (Å²) in [6.45, 7) is 0.154. The van der Waals surface area contributed by atoms with E-state index < -0.39 is 0 Å². The number of aromatic nitrogens is 1. The van der Waals surface area contributed by atoms with E-state index in [1.54, 1.807) is 18.0 Å². The Morgan fingerprint density at radius 1 is 1.33 bits per heavy atom. The molecule has 0 saturated heterocycles. The zero-order chi connectivity index (χ0) is 10.7. The highest BCUT2D eigenvalue weighted by molar-refractivity contribution is 7.99. The van der Waals surface area contributed by atoms with Gasteiger partial charge in [0.1, 0.15) is 0 Å². The monoisotopic (exact) mass is 220 g/mol. The Hall–Kier alpha value is -1.26. The maximum atomic E-state index is 8.81. The summed E-state index contributed by atoms with van der Waals surface area (Å²) < 4.78 is 0. The number of benzene rings is 1. The van der Waals surface area contributed by atoms with Crippen LogP contribution in [-0.4, -0.2) is 22.5 Å². The van der Waals surface area contributed by atoms with Crippen molar-refractivity contribution in [2.24, 2.45) is 0 Å². The second kappa shape index (κ2) is 4.51. The van der Waals surface area contributed by atoms with E-state index in [0.29, 0.717) is 11.4 Å². The summed E-state index contributed by atoms with van der Waals surface area (Å²) in [5.74, 6) is 0.651. The van der Waals surface area contributed by atoms with Crippen LogP contribution >= 0.6 is 11.8 Å². The second-order valence-corrected chi connectivity index (χ2v) is 4.24. The summed E-state index contributed by atoms with van der Waals surface area (Å²) >= 11 is 1.56. The van der Waals surface area contributed by atoms with Crippen LogP contribution in [0, 0.1) is 0 Å². The molecule has 1 aromatic carbocycles. The van der Waals surface area contributed by atoms with E-state index in [2.05, 4.69) is 4.98 Å². The number of hydrogen-bond donors (Lipinski definition) is 2. The third kappa shape index (κ3) is 2.06. The number of aliphatic hydroxyl groups excluding tert-OH is 1. The maximum Gasteiger partial charge on any atom is 0.0714 e. The van der Waals surface area contributed by atoms with Crippen LogP contribution in [0.5, 0.6) is 0 Å². The lowest BCUT2D eigenvalue weighted by Crippen LogP contribution is -1.94. The van der Waals surface area contributed by atoms with Crippen molar-refractivity contribution >= 4 is 28.4 Å². The van der Waals surface area contributed by atoms with Crippen molar-refractivity contribution in [2.45, 2.75) is 4.90 Å². The molecule has 2 aromatic rings. The Morgan fingerprint density at radius 2 is 2.13 bits per heavy atom. The summed E-state index contributed by atoms with van der Waals surface area (Å²) in [5.41, 5.74) is 7.47. The number of anilines is 1. The Bertz CT molecular complexity index is 473. The number of hydrogen-bond acceptors (Lipinski definition) is 4. The number of nitrogen functional groups attached to an aromatic ring is 1. The molecule has 4 heteroatoms. The molecule has 0 unspecified atom stereocenters. The number of rotatable bonds is 3. The van der Waals surface area contributed by atoms with Gasteiger partial charge in [-0.05, 0) is 6.07 Å². The zero-order valence-corrected chi connectivity index (χ0v) is 9.00. The molecule has 0 bridgehead atoms. The van der Waals surface area contributed by atoms with Crippen LogP contribution in [-0.2, 0) is 0 Å². The minimum Gasteiger partial charge on any atom is -0.397 e. The first kappa shape index (κ1) is 10.3. The molecule has 2 rings (SSSR count). The topological polar surface area (TPSA) is 59.1 Å². The minimum absolute atomic E-state index is 0.154. The summed E-state index contributed by atoms with van der Waals surface area (Å²) in [6.07, 6.45) is 1.67. The number of pyridine rings is 1. The average molecular weight is 220 g/mol. The lowest BCUT2D eigenvalue weighted by molar-refractivity contribution is 0.322. The van der Waals surface area contributed by atoms with Gasteiger partial charge >= 0.3 is 0 Å². The molecule has 0 saturated carbocycles. The number of para-hydroxylation sites is 1. The van der Waals surface area contributed by atoms with E-state index in [0.717, 1.165) is 15.8 Å². The van der Waals surface area contributed by atoms with Crippen LogP contribution in [0.3, 0.4) is 0 Å². The molecule has 78 valence electrons. The second-order valence-electron chi connectivity index (χ2n) is 3.13. The molecule has 3 nitrogen and oxygen atoms in total. The molecule has 0 fully saturated rings. The standard InChI is InChI=1S/C11H12N2OS/c12-9-7-13-10-4-2-1-3-8(10)11(9)15-6-5-14/h1-4,7,14H,5-6,12H2. The van der Waals surface area contributed by atoms with E-state index in [-0.39, 0.29) is 6.61 Å². The quantitative estimate of drug-likeness (QED) is 0.776. The molecule has 0 spiro atoms. The molecule has 1 heterocycles. The summed E-state index contributed by atoms with van der Waals surface area (Å²) in [6, 6.07) is 7.87. The van der Waals surface area contributed by atoms with Crippen molar-refractivity contribution in [3.63, 3.8) is 0 Å². The molecule has 1 aromatic heterocycles. The molecule has 3 N–H and O–H groups in total. The van der Waals surface area contributed by atoms with E-state index >= 15 is 0 Å². The van der Waals surface area contributed by atoms with Gasteiger partial charge in [0.15, 0.2) is 0 Å². The van der Waals surface area contributed by atoms with E-state index in [4.69, 9.17) is 10.8 Å². The first-order valence-corrected chi connectivity index (χ1v) is 5.68. The Labute approximate surface area is 92.3 Å². The molecular weight excluding hydrogens is 208 g/mol. The summed E-state index contributed by atoms with van der Waals surface area (Å²) in [4.78, 5) is 5.26. The molecule has 15 heavy (non-hydrogen) atoms. The Balaban J connectivity index is 2.53. The maximum absolute atomic E-state index is 8.81. The summed E-state index contributed by atoms with van der Waals surface area (Å²) in [7, 11) is 0. The summed E-state index contributed by atoms with van der Waals surface area (Å²) in [5, 5.41) is 9.87. The van der Waals surface area contributed by atoms with Gasteiger partial charge in [0.2, 0.25) is 0 Å². The lowest BCUT2D eigenvalue weighted by Gasteiger charge is -2.07. The highest BCUT2D eigenvalue weighted by Crippen LogP contribution is 2.31. The van der Waals surface area contributed by atoms with Crippen LogP contribution in [0.4, 0.5) is 5.69 Å². The SMILES string of the molecule is Nc1cnc2ccccc2c1SCCO. The van der Waals surface area contributed by atoms with E-state index in [1.165, 1.54) is 0 Å². The van der Waals surface area contributed by atoms with Gasteiger partial charge in [0.25, 0.3) is 0 Å². The van der Waals surface area contributed by atoms with Crippen molar-refractivity contribution in [3.8, 4) is 0 Å². The van der Waals surface area contributed by atoms with Gasteiger partial charge in [-0.15, -0.1) is 11.8 Å². The Kier molecular flexibility index (Phi) is 3.08. The number of nitrogens with two attached hydrogens (primary N) is 1. The van der Waals surface area contributed by atoms with Gasteiger partial charge in [0.05, 0.1) is 24.0 Å². The fraction of sp³-hybridized carbons (Fsp3) is 0.182. The number of thioether (sulfide) groups is 1. The fourth-order valence-electron chi connectivity index (χ4n) is 1.44. The van der Waals surface area contributed by atoms with Gasteiger partial charge < -0.3 is 10.8 Å². The normalized spacial score (nSPS) is 10.7. The van der Waals surface area contributed by atoms with Crippen LogP contribution < -0.4 is 5.73 Å². The van der Waals surface area contributed by atoms with Crippen molar-refractivity contribution in [1.29, 1.82) is 0 Å². The highest BCUT2D eigenvalue weighted by atomic mass is 32.2. The van der Waals surface area contributed by atoms with Crippen LogP contribution in [0.2, 0.25) is 0 Å². The van der Waals surface area contributed by atoms with Crippen LogP contribution in [0.15, 0.2) is 35.4 Å². The predicted octanol–water partition coefficient (Wildman–Crippen LogP) is 1.90. The molecule has 0 atom stereocenters. The molecular formula is C11H12N2OS. The third-order valence-corrected chi connectivity index (χ3v) is 3.22. The molecule has 0 aliphatic carbocycles. The van der Waals surface area contributed by atoms with Crippen molar-refractivity contribution in [1.82, 2.24) is 4.98 Å². The first-order valence-electron chi connectivity index (χ1n) is 4.70. The van der Waals surface area contributed by atoms with Crippen molar-refractivity contribution in [2.75, 3.05) is 18.1 Å². The van der Waals surface area contributed by atoms with Crippen LogP contribution in [0.1, 0.15) is 0 Å².